The van der Waals surface area contributed by atoms with Crippen molar-refractivity contribution in [1.29, 1.82) is 0 Å². The van der Waals surface area contributed by atoms with Gasteiger partial charge >= 0.3 is 5.97 Å². The number of nitrogens with two attached hydrogens (primary N) is 1. The highest BCUT2D eigenvalue weighted by Crippen LogP contribution is 2.12. The average molecular weight is 204 g/mol. The van der Waals surface area contributed by atoms with Crippen LogP contribution in [0.4, 0.5) is 5.69 Å². The summed E-state index contributed by atoms with van der Waals surface area (Å²) in [5.41, 5.74) is 5.44. The topological polar surface area (TPSA) is 94.0 Å². The van der Waals surface area contributed by atoms with Gasteiger partial charge in [0.2, 0.25) is 0 Å². The van der Waals surface area contributed by atoms with Crippen LogP contribution in [-0.4, -0.2) is 25.8 Å². The van der Waals surface area contributed by atoms with E-state index in [4.69, 9.17) is 10.8 Å². The summed E-state index contributed by atoms with van der Waals surface area (Å²) in [6, 6.07) is 5.24. The molecule has 0 saturated heterocycles. The Morgan fingerprint density at radius 2 is 2.27 bits per heavy atom. The van der Waals surface area contributed by atoms with Crippen molar-refractivity contribution in [3.63, 3.8) is 0 Å². The molecule has 0 aliphatic heterocycles. The molecule has 0 spiro atoms. The first-order valence-electron chi connectivity index (χ1n) is 4.18. The summed E-state index contributed by atoms with van der Waals surface area (Å²) < 4.78 is 1.33. The number of hydrogen-bond acceptors (Lipinski definition) is 4. The van der Waals surface area contributed by atoms with Gasteiger partial charge in [0.25, 0.3) is 0 Å². The van der Waals surface area contributed by atoms with E-state index in [-0.39, 0.29) is 11.4 Å². The van der Waals surface area contributed by atoms with Crippen molar-refractivity contribution in [3.05, 3.63) is 36.3 Å². The highest BCUT2D eigenvalue weighted by atomic mass is 16.4. The number of carbonyl (C=O) groups is 1. The maximum Gasteiger partial charge on any atom is 0.358 e. The Bertz CT molecular complexity index is 492. The number of nitrogens with zero attached hydrogens (tertiary/aromatic N) is 3. The minimum absolute atomic E-state index is 0.119. The van der Waals surface area contributed by atoms with Gasteiger partial charge in [-0.25, -0.2) is 14.5 Å². The van der Waals surface area contributed by atoms with Crippen molar-refractivity contribution in [2.24, 2.45) is 0 Å². The monoisotopic (exact) mass is 204 g/mol. The molecule has 6 heteroatoms. The van der Waals surface area contributed by atoms with Crippen molar-refractivity contribution in [3.8, 4) is 5.82 Å². The van der Waals surface area contributed by atoms with Gasteiger partial charge in [0, 0.05) is 6.20 Å². The Kier molecular flexibility index (Phi) is 2.09. The first kappa shape index (κ1) is 9.20. The molecule has 2 rings (SSSR count). The summed E-state index contributed by atoms with van der Waals surface area (Å²) in [6.07, 6.45) is 3.01. The second kappa shape index (κ2) is 3.41. The molecular formula is C9H8N4O2. The van der Waals surface area contributed by atoms with Crippen molar-refractivity contribution in [2.75, 3.05) is 5.73 Å². The molecule has 0 aromatic carbocycles. The molecule has 6 nitrogen and oxygen atoms in total. The Morgan fingerprint density at radius 3 is 2.80 bits per heavy atom. The van der Waals surface area contributed by atoms with Crippen LogP contribution in [0.25, 0.3) is 5.82 Å². The molecule has 2 aromatic heterocycles. The minimum Gasteiger partial charge on any atom is -0.476 e. The number of hydrogen-bond donors (Lipinski definition) is 2. The van der Waals surface area contributed by atoms with Crippen molar-refractivity contribution in [2.45, 2.75) is 0 Å². The van der Waals surface area contributed by atoms with Crippen LogP contribution in [-0.2, 0) is 0 Å². The van der Waals surface area contributed by atoms with Crippen LogP contribution in [0.2, 0.25) is 0 Å². The Labute approximate surface area is 85.0 Å². The van der Waals surface area contributed by atoms with Crippen LogP contribution in [0.1, 0.15) is 10.5 Å². The minimum atomic E-state index is -1.15. The summed E-state index contributed by atoms with van der Waals surface area (Å²) in [4.78, 5) is 14.7. The molecule has 0 unspecified atom stereocenters. The summed E-state index contributed by atoms with van der Waals surface area (Å²) in [5.74, 6) is -0.626. The zero-order valence-electron chi connectivity index (χ0n) is 7.66. The second-order valence-electron chi connectivity index (χ2n) is 2.87. The molecule has 76 valence electrons. The number of anilines is 1. The second-order valence-corrected chi connectivity index (χ2v) is 2.87. The number of nitrogen functional groups attached to an aromatic ring is 1. The molecule has 0 atom stereocenters. The standard InChI is InChI=1S/C9H8N4O2/c10-6-5-13(12-8(6)9(14)15)7-3-1-2-4-11-7/h1-5H,10H2,(H,14,15). The number of aromatic carboxylic acids is 1. The van der Waals surface area contributed by atoms with E-state index >= 15 is 0 Å². The van der Waals surface area contributed by atoms with Gasteiger partial charge in [-0.15, -0.1) is 0 Å². The smallest absolute Gasteiger partial charge is 0.358 e. The van der Waals surface area contributed by atoms with Gasteiger partial charge < -0.3 is 10.8 Å². The van der Waals surface area contributed by atoms with Crippen LogP contribution in [0.5, 0.6) is 0 Å². The summed E-state index contributed by atoms with van der Waals surface area (Å²) >= 11 is 0. The fourth-order valence-corrected chi connectivity index (χ4v) is 1.16. The molecule has 2 heterocycles. The SMILES string of the molecule is Nc1cn(-c2ccccn2)nc1C(=O)O. The number of carboxylic acid groups (broad SMARTS) is 1. The molecular weight excluding hydrogens is 196 g/mol. The van der Waals surface area contributed by atoms with Crippen LogP contribution in [0.15, 0.2) is 30.6 Å². The third-order valence-electron chi connectivity index (χ3n) is 1.83. The van der Waals surface area contributed by atoms with Gasteiger partial charge in [-0.2, -0.15) is 5.10 Å². The lowest BCUT2D eigenvalue weighted by molar-refractivity contribution is 0.0691. The lowest BCUT2D eigenvalue weighted by Crippen LogP contribution is -2.03. The van der Waals surface area contributed by atoms with E-state index in [1.807, 2.05) is 0 Å². The van der Waals surface area contributed by atoms with Crippen molar-refractivity contribution >= 4 is 11.7 Å². The first-order valence-corrected chi connectivity index (χ1v) is 4.18. The molecule has 0 fully saturated rings. The van der Waals surface area contributed by atoms with E-state index in [0.29, 0.717) is 5.82 Å². The Hall–Kier alpha value is -2.37. The number of carboxylic acids is 1. The summed E-state index contributed by atoms with van der Waals surface area (Å²) in [5, 5.41) is 12.6. The maximum absolute atomic E-state index is 10.7. The van der Waals surface area contributed by atoms with E-state index in [1.54, 1.807) is 24.4 Å². The molecule has 0 aliphatic rings. The highest BCUT2D eigenvalue weighted by Gasteiger charge is 2.13. The molecule has 2 aromatic rings. The highest BCUT2D eigenvalue weighted by molar-refractivity contribution is 5.91. The van der Waals surface area contributed by atoms with Gasteiger partial charge in [-0.3, -0.25) is 0 Å². The normalized spacial score (nSPS) is 10.1. The van der Waals surface area contributed by atoms with Gasteiger partial charge in [-0.1, -0.05) is 6.07 Å². The molecule has 0 bridgehead atoms. The number of aromatic nitrogens is 3. The zero-order valence-corrected chi connectivity index (χ0v) is 7.66. The Morgan fingerprint density at radius 1 is 1.47 bits per heavy atom. The van der Waals surface area contributed by atoms with Crippen LogP contribution in [0.3, 0.4) is 0 Å². The van der Waals surface area contributed by atoms with Crippen LogP contribution in [0, 0.1) is 0 Å². The van der Waals surface area contributed by atoms with Gasteiger partial charge in [-0.05, 0) is 12.1 Å². The third-order valence-corrected chi connectivity index (χ3v) is 1.83. The molecule has 15 heavy (non-hydrogen) atoms. The fraction of sp³-hybridized carbons (Fsp3) is 0. The fourth-order valence-electron chi connectivity index (χ4n) is 1.16. The maximum atomic E-state index is 10.7. The number of pyridine rings is 1. The van der Waals surface area contributed by atoms with Gasteiger partial charge in [0.15, 0.2) is 11.5 Å². The first-order chi connectivity index (χ1) is 7.18. The quantitative estimate of drug-likeness (QED) is 0.744. The molecule has 0 amide bonds. The largest absolute Gasteiger partial charge is 0.476 e. The van der Waals surface area contributed by atoms with E-state index in [9.17, 15) is 4.79 Å². The molecule has 0 radical (unpaired) electrons. The van der Waals surface area contributed by atoms with E-state index in [1.165, 1.54) is 10.9 Å². The van der Waals surface area contributed by atoms with E-state index in [0.717, 1.165) is 0 Å². The predicted molar refractivity (Wildman–Crippen MR) is 52.7 cm³/mol. The summed E-state index contributed by atoms with van der Waals surface area (Å²) in [6.45, 7) is 0. The van der Waals surface area contributed by atoms with Crippen molar-refractivity contribution in [1.82, 2.24) is 14.8 Å². The third kappa shape index (κ3) is 1.64. The lowest BCUT2D eigenvalue weighted by Gasteiger charge is -1.96. The van der Waals surface area contributed by atoms with Crippen molar-refractivity contribution < 1.29 is 9.90 Å². The van der Waals surface area contributed by atoms with E-state index < -0.39 is 5.97 Å². The van der Waals surface area contributed by atoms with Crippen LogP contribution < -0.4 is 5.73 Å². The predicted octanol–water partition coefficient (Wildman–Crippen LogP) is 0.548. The molecule has 3 N–H and O–H groups in total. The number of rotatable bonds is 2. The van der Waals surface area contributed by atoms with Gasteiger partial charge in [0.05, 0.1) is 11.9 Å². The Balaban J connectivity index is 2.48. The molecule has 0 saturated carbocycles. The van der Waals surface area contributed by atoms with Gasteiger partial charge in [0.1, 0.15) is 0 Å². The van der Waals surface area contributed by atoms with Crippen LogP contribution >= 0.6 is 0 Å². The lowest BCUT2D eigenvalue weighted by atomic mass is 10.4. The summed E-state index contributed by atoms with van der Waals surface area (Å²) in [7, 11) is 0. The van der Waals surface area contributed by atoms with E-state index in [2.05, 4.69) is 10.1 Å². The average Bonchev–Trinajstić information content (AvgIpc) is 2.62. The molecule has 0 aliphatic carbocycles. The zero-order chi connectivity index (χ0) is 10.8.